The van der Waals surface area contributed by atoms with E-state index in [1.807, 2.05) is 0 Å². The zero-order chi connectivity index (χ0) is 16.9. The molecule has 1 saturated heterocycles. The van der Waals surface area contributed by atoms with E-state index in [1.165, 1.54) is 0 Å². The number of terminal acetylenes is 1. The normalized spacial score (nSPS) is 17.0. The Morgan fingerprint density at radius 2 is 2.17 bits per heavy atom. The average Bonchev–Trinajstić information content (AvgIpc) is 2.97. The lowest BCUT2D eigenvalue weighted by Crippen LogP contribution is -2.41. The van der Waals surface area contributed by atoms with Crippen molar-refractivity contribution in [1.29, 1.82) is 0 Å². The molecule has 1 aliphatic heterocycles. The number of piperidine rings is 1. The molecule has 5 heteroatoms. The lowest BCUT2D eigenvalue weighted by atomic mass is 9.93. The summed E-state index contributed by atoms with van der Waals surface area (Å²) < 4.78 is 0. The van der Waals surface area contributed by atoms with Gasteiger partial charge in [-0.25, -0.2) is 4.98 Å². The number of likely N-dealkylation sites (tertiary alicyclic amines) is 1. The molecule has 0 spiro atoms. The molecule has 1 aromatic rings. The van der Waals surface area contributed by atoms with E-state index in [2.05, 4.69) is 47.3 Å². The highest BCUT2D eigenvalue weighted by atomic mass is 32.1. The fourth-order valence-corrected chi connectivity index (χ4v) is 3.71. The van der Waals surface area contributed by atoms with Gasteiger partial charge >= 0.3 is 0 Å². The number of aromatic nitrogens is 1. The van der Waals surface area contributed by atoms with Crippen LogP contribution in [0.4, 0.5) is 0 Å². The van der Waals surface area contributed by atoms with Gasteiger partial charge in [-0.2, -0.15) is 0 Å². The number of hydrogen-bond acceptors (Lipinski definition) is 4. The van der Waals surface area contributed by atoms with Crippen molar-refractivity contribution in [3.05, 3.63) is 16.1 Å². The Balaban J connectivity index is 1.71. The molecular weight excluding hydrogens is 306 g/mol. The third-order valence-corrected chi connectivity index (χ3v) is 5.14. The van der Waals surface area contributed by atoms with Crippen molar-refractivity contribution in [2.75, 3.05) is 26.2 Å². The van der Waals surface area contributed by atoms with Gasteiger partial charge in [0.05, 0.1) is 17.2 Å². The molecule has 126 valence electrons. The van der Waals surface area contributed by atoms with Crippen molar-refractivity contribution in [2.45, 2.75) is 45.4 Å². The first-order valence-corrected chi connectivity index (χ1v) is 9.16. The van der Waals surface area contributed by atoms with Gasteiger partial charge in [0, 0.05) is 29.7 Å². The van der Waals surface area contributed by atoms with Gasteiger partial charge in [0.25, 0.3) is 0 Å². The molecule has 2 rings (SSSR count). The summed E-state index contributed by atoms with van der Waals surface area (Å²) >= 11 is 1.68. The third-order valence-electron chi connectivity index (χ3n) is 4.23. The molecule has 1 aliphatic rings. The van der Waals surface area contributed by atoms with E-state index < -0.39 is 0 Å². The third kappa shape index (κ3) is 5.33. The molecule has 1 fully saturated rings. The average molecular weight is 334 g/mol. The van der Waals surface area contributed by atoms with E-state index in [9.17, 15) is 4.79 Å². The molecule has 0 bridgehead atoms. The molecule has 4 nitrogen and oxygen atoms in total. The molecule has 1 amide bonds. The van der Waals surface area contributed by atoms with Crippen LogP contribution in [-0.4, -0.2) is 42.0 Å². The minimum absolute atomic E-state index is 0.0877. The second kappa shape index (κ2) is 7.94. The zero-order valence-corrected chi connectivity index (χ0v) is 15.2. The predicted molar refractivity (Wildman–Crippen MR) is 95.5 cm³/mol. The molecule has 0 radical (unpaired) electrons. The summed E-state index contributed by atoms with van der Waals surface area (Å²) in [4.78, 5) is 19.1. The maximum absolute atomic E-state index is 12.2. The Labute approximate surface area is 143 Å². The number of carbonyl (C=O) groups excluding carboxylic acids is 1. The van der Waals surface area contributed by atoms with Gasteiger partial charge in [0.2, 0.25) is 5.91 Å². The number of carbonyl (C=O) groups is 1. The highest BCUT2D eigenvalue weighted by molar-refractivity contribution is 7.09. The summed E-state index contributed by atoms with van der Waals surface area (Å²) in [6.45, 7) is 9.70. The van der Waals surface area contributed by atoms with Gasteiger partial charge in [-0.05, 0) is 25.9 Å². The van der Waals surface area contributed by atoms with E-state index >= 15 is 0 Å². The van der Waals surface area contributed by atoms with Gasteiger partial charge < -0.3 is 5.32 Å². The topological polar surface area (TPSA) is 45.2 Å². The van der Waals surface area contributed by atoms with Gasteiger partial charge in [-0.1, -0.05) is 26.7 Å². The van der Waals surface area contributed by atoms with Crippen molar-refractivity contribution in [1.82, 2.24) is 15.2 Å². The van der Waals surface area contributed by atoms with E-state index in [1.54, 1.807) is 11.3 Å². The number of thiazole rings is 1. The number of rotatable bonds is 5. The Morgan fingerprint density at radius 3 is 2.74 bits per heavy atom. The minimum Gasteiger partial charge on any atom is -0.355 e. The monoisotopic (exact) mass is 333 g/mol. The first kappa shape index (κ1) is 18.0. The van der Waals surface area contributed by atoms with Gasteiger partial charge in [0.1, 0.15) is 0 Å². The summed E-state index contributed by atoms with van der Waals surface area (Å²) in [7, 11) is 0. The van der Waals surface area contributed by atoms with Crippen LogP contribution in [-0.2, 0) is 16.6 Å². The van der Waals surface area contributed by atoms with Crippen molar-refractivity contribution in [3.63, 3.8) is 0 Å². The maximum Gasteiger partial charge on any atom is 0.223 e. The maximum atomic E-state index is 12.2. The Hall–Kier alpha value is -1.38. The van der Waals surface area contributed by atoms with Crippen molar-refractivity contribution in [2.24, 2.45) is 5.92 Å². The number of nitrogens with one attached hydrogen (secondary N) is 1. The van der Waals surface area contributed by atoms with Crippen molar-refractivity contribution < 1.29 is 4.79 Å². The van der Waals surface area contributed by atoms with E-state index in [-0.39, 0.29) is 17.2 Å². The first-order valence-electron chi connectivity index (χ1n) is 8.28. The summed E-state index contributed by atoms with van der Waals surface area (Å²) in [6, 6.07) is 0. The largest absolute Gasteiger partial charge is 0.355 e. The van der Waals surface area contributed by atoms with E-state index in [0.29, 0.717) is 13.1 Å². The van der Waals surface area contributed by atoms with Crippen LogP contribution >= 0.6 is 11.3 Å². The number of amides is 1. The van der Waals surface area contributed by atoms with Crippen molar-refractivity contribution in [3.8, 4) is 12.3 Å². The van der Waals surface area contributed by atoms with E-state index in [0.717, 1.165) is 43.1 Å². The fourth-order valence-electron chi connectivity index (χ4n) is 2.69. The molecule has 2 heterocycles. The van der Waals surface area contributed by atoms with Crippen LogP contribution in [0.5, 0.6) is 0 Å². The molecule has 0 unspecified atom stereocenters. The standard InChI is InChI=1S/C18H27N3OS/c1-5-10-21-11-7-14(8-12-21)17(22)19-9-6-16-20-15(13-23-16)18(2,3)4/h1,13-14H,6-12H2,2-4H3,(H,19,22). The summed E-state index contributed by atoms with van der Waals surface area (Å²) in [5.74, 6) is 2.97. The molecule has 1 N–H and O–H groups in total. The molecule has 23 heavy (non-hydrogen) atoms. The van der Waals surface area contributed by atoms with Crippen molar-refractivity contribution >= 4 is 17.2 Å². The summed E-state index contributed by atoms with van der Waals surface area (Å²) in [5.41, 5.74) is 1.22. The highest BCUT2D eigenvalue weighted by Crippen LogP contribution is 2.24. The van der Waals surface area contributed by atoms with Crippen LogP contribution in [0.3, 0.4) is 0 Å². The van der Waals surface area contributed by atoms with Gasteiger partial charge in [-0.3, -0.25) is 9.69 Å². The fraction of sp³-hybridized carbons (Fsp3) is 0.667. The number of nitrogens with zero attached hydrogens (tertiary/aromatic N) is 2. The Bertz CT molecular complexity index is 560. The predicted octanol–water partition coefficient (Wildman–Crippen LogP) is 2.44. The lowest BCUT2D eigenvalue weighted by Gasteiger charge is -2.29. The van der Waals surface area contributed by atoms with Crippen LogP contribution in [0.15, 0.2) is 5.38 Å². The number of hydrogen-bond donors (Lipinski definition) is 1. The summed E-state index contributed by atoms with van der Waals surface area (Å²) in [5, 5.41) is 6.28. The first-order chi connectivity index (χ1) is 10.9. The SMILES string of the molecule is C#CCN1CCC(C(=O)NCCc2nc(C(C)(C)C)cs2)CC1. The second-order valence-corrected chi connectivity index (χ2v) is 8.11. The van der Waals surface area contributed by atoms with E-state index in [4.69, 9.17) is 6.42 Å². The van der Waals surface area contributed by atoms with Crippen LogP contribution < -0.4 is 5.32 Å². The quantitative estimate of drug-likeness (QED) is 0.842. The Morgan fingerprint density at radius 1 is 1.48 bits per heavy atom. The minimum atomic E-state index is 0.0877. The van der Waals surface area contributed by atoms with Crippen LogP contribution in [0.1, 0.15) is 44.3 Å². The Kier molecular flexibility index (Phi) is 6.20. The highest BCUT2D eigenvalue weighted by Gasteiger charge is 2.24. The molecular formula is C18H27N3OS. The van der Waals surface area contributed by atoms with Gasteiger partial charge in [-0.15, -0.1) is 17.8 Å². The molecule has 0 aliphatic carbocycles. The van der Waals surface area contributed by atoms with Crippen LogP contribution in [0.25, 0.3) is 0 Å². The van der Waals surface area contributed by atoms with Gasteiger partial charge in [0.15, 0.2) is 0 Å². The second-order valence-electron chi connectivity index (χ2n) is 7.17. The molecule has 0 aromatic carbocycles. The van der Waals surface area contributed by atoms with Crippen LogP contribution in [0.2, 0.25) is 0 Å². The summed E-state index contributed by atoms with van der Waals surface area (Å²) in [6.07, 6.45) is 7.94. The molecule has 1 aromatic heterocycles. The lowest BCUT2D eigenvalue weighted by molar-refractivity contribution is -0.126. The van der Waals surface area contributed by atoms with Crippen LogP contribution in [0, 0.1) is 18.3 Å². The smallest absolute Gasteiger partial charge is 0.223 e. The zero-order valence-electron chi connectivity index (χ0n) is 14.4. The molecule has 0 atom stereocenters. The molecule has 0 saturated carbocycles.